The van der Waals surface area contributed by atoms with E-state index in [9.17, 15) is 9.59 Å². The van der Waals surface area contributed by atoms with Gasteiger partial charge >= 0.3 is 5.97 Å². The Hall–Kier alpha value is -1.50. The Balaban J connectivity index is 2.45. The van der Waals surface area contributed by atoms with Crippen molar-refractivity contribution in [1.82, 2.24) is 9.78 Å². The standard InChI is InChI=1S/C16H16Cl2N2O3S/c1-8(2)10-7-13(19-20(3)15(10)21)24-14-11(17)5-9(6-12(14)18)16(22)23-4/h5-8H,1-4H3. The van der Waals surface area contributed by atoms with Gasteiger partial charge in [-0.25, -0.2) is 9.48 Å². The Bertz CT molecular complexity index is 827. The molecule has 0 fully saturated rings. The summed E-state index contributed by atoms with van der Waals surface area (Å²) >= 11 is 13.7. The molecule has 0 aliphatic rings. The van der Waals surface area contributed by atoms with Gasteiger partial charge in [0.25, 0.3) is 5.56 Å². The third kappa shape index (κ3) is 3.94. The largest absolute Gasteiger partial charge is 0.465 e. The van der Waals surface area contributed by atoms with E-state index in [0.29, 0.717) is 25.5 Å². The number of rotatable bonds is 4. The maximum absolute atomic E-state index is 12.1. The minimum absolute atomic E-state index is 0.0682. The molecule has 8 heteroatoms. The van der Waals surface area contributed by atoms with Crippen molar-refractivity contribution in [2.75, 3.05) is 7.11 Å². The average molecular weight is 387 g/mol. The molecule has 0 bridgehead atoms. The molecule has 0 unspecified atom stereocenters. The van der Waals surface area contributed by atoms with Crippen molar-refractivity contribution in [2.24, 2.45) is 7.05 Å². The lowest BCUT2D eigenvalue weighted by Crippen LogP contribution is -2.24. The van der Waals surface area contributed by atoms with Gasteiger partial charge in [0.15, 0.2) is 0 Å². The first-order valence-electron chi connectivity index (χ1n) is 7.08. The molecule has 1 heterocycles. The van der Waals surface area contributed by atoms with Crippen LogP contribution in [0.1, 0.15) is 35.7 Å². The van der Waals surface area contributed by atoms with Gasteiger partial charge in [0.2, 0.25) is 0 Å². The van der Waals surface area contributed by atoms with E-state index in [1.807, 2.05) is 13.8 Å². The van der Waals surface area contributed by atoms with Gasteiger partial charge in [-0.2, -0.15) is 5.10 Å². The molecule has 0 aliphatic heterocycles. The van der Waals surface area contributed by atoms with Gasteiger partial charge in [0.05, 0.1) is 27.6 Å². The van der Waals surface area contributed by atoms with Crippen molar-refractivity contribution in [2.45, 2.75) is 29.7 Å². The SMILES string of the molecule is COC(=O)c1cc(Cl)c(Sc2cc(C(C)C)c(=O)n(C)n2)c(Cl)c1. The van der Waals surface area contributed by atoms with Crippen LogP contribution in [-0.4, -0.2) is 22.9 Å². The Kier molecular flexibility index (Phi) is 5.96. The van der Waals surface area contributed by atoms with Crippen LogP contribution in [0.3, 0.4) is 0 Å². The summed E-state index contributed by atoms with van der Waals surface area (Å²) in [5, 5.41) is 5.45. The highest BCUT2D eigenvalue weighted by molar-refractivity contribution is 7.99. The molecule has 2 aromatic rings. The number of nitrogens with zero attached hydrogens (tertiary/aromatic N) is 2. The second-order valence-electron chi connectivity index (χ2n) is 5.38. The van der Waals surface area contributed by atoms with E-state index in [-0.39, 0.29) is 17.0 Å². The lowest BCUT2D eigenvalue weighted by atomic mass is 10.1. The van der Waals surface area contributed by atoms with E-state index in [4.69, 9.17) is 23.2 Å². The number of carbonyl (C=O) groups excluding carboxylic acids is 1. The Morgan fingerprint density at radius 1 is 1.25 bits per heavy atom. The van der Waals surface area contributed by atoms with Crippen molar-refractivity contribution in [3.8, 4) is 0 Å². The summed E-state index contributed by atoms with van der Waals surface area (Å²) in [6, 6.07) is 4.72. The number of esters is 1. The highest BCUT2D eigenvalue weighted by Gasteiger charge is 2.17. The molecule has 128 valence electrons. The number of aryl methyl sites for hydroxylation is 1. The van der Waals surface area contributed by atoms with Crippen LogP contribution in [0.4, 0.5) is 0 Å². The van der Waals surface area contributed by atoms with E-state index in [1.165, 1.54) is 35.7 Å². The zero-order valence-electron chi connectivity index (χ0n) is 13.6. The molecule has 5 nitrogen and oxygen atoms in total. The predicted octanol–water partition coefficient (Wildman–Crippen LogP) is 4.15. The van der Waals surface area contributed by atoms with E-state index < -0.39 is 5.97 Å². The van der Waals surface area contributed by atoms with Gasteiger partial charge in [-0.1, -0.05) is 48.8 Å². The van der Waals surface area contributed by atoms with Crippen LogP contribution in [0.15, 0.2) is 32.9 Å². The fourth-order valence-electron chi connectivity index (χ4n) is 2.06. The summed E-state index contributed by atoms with van der Waals surface area (Å²) < 4.78 is 5.96. The second-order valence-corrected chi connectivity index (χ2v) is 7.23. The Labute approximate surface area is 153 Å². The molecule has 0 spiro atoms. The van der Waals surface area contributed by atoms with Gasteiger partial charge in [-0.15, -0.1) is 0 Å². The molecule has 0 N–H and O–H groups in total. The lowest BCUT2D eigenvalue weighted by Gasteiger charge is -2.11. The fraction of sp³-hybridized carbons (Fsp3) is 0.312. The van der Waals surface area contributed by atoms with Crippen molar-refractivity contribution in [3.63, 3.8) is 0 Å². The third-order valence-corrected chi connectivity index (χ3v) is 5.19. The Morgan fingerprint density at radius 3 is 2.33 bits per heavy atom. The molecule has 0 amide bonds. The van der Waals surface area contributed by atoms with Crippen LogP contribution in [0.5, 0.6) is 0 Å². The van der Waals surface area contributed by atoms with Crippen LogP contribution in [0.2, 0.25) is 10.0 Å². The van der Waals surface area contributed by atoms with E-state index in [2.05, 4.69) is 9.84 Å². The number of carbonyl (C=O) groups is 1. The van der Waals surface area contributed by atoms with Crippen LogP contribution in [-0.2, 0) is 11.8 Å². The normalized spacial score (nSPS) is 11.0. The molecule has 1 aromatic carbocycles. The summed E-state index contributed by atoms with van der Waals surface area (Å²) in [6.07, 6.45) is 0. The van der Waals surface area contributed by atoms with Gasteiger partial charge in [-0.3, -0.25) is 4.79 Å². The molecule has 0 aliphatic carbocycles. The maximum atomic E-state index is 12.1. The topological polar surface area (TPSA) is 61.2 Å². The fourth-order valence-corrected chi connectivity index (χ4v) is 3.65. The zero-order valence-corrected chi connectivity index (χ0v) is 15.9. The van der Waals surface area contributed by atoms with E-state index in [1.54, 1.807) is 13.1 Å². The van der Waals surface area contributed by atoms with Crippen LogP contribution in [0.25, 0.3) is 0 Å². The van der Waals surface area contributed by atoms with Crippen molar-refractivity contribution < 1.29 is 9.53 Å². The van der Waals surface area contributed by atoms with Crippen LogP contribution in [0, 0.1) is 0 Å². The minimum atomic E-state index is -0.516. The van der Waals surface area contributed by atoms with Crippen molar-refractivity contribution >= 4 is 40.9 Å². The number of aromatic nitrogens is 2. The third-order valence-electron chi connectivity index (χ3n) is 3.32. The molecule has 0 atom stereocenters. The van der Waals surface area contributed by atoms with Crippen LogP contribution < -0.4 is 5.56 Å². The number of hydrogen-bond acceptors (Lipinski definition) is 5. The van der Waals surface area contributed by atoms with Gasteiger partial charge in [0.1, 0.15) is 5.03 Å². The second kappa shape index (κ2) is 7.59. The minimum Gasteiger partial charge on any atom is -0.465 e. The number of benzene rings is 1. The van der Waals surface area contributed by atoms with Crippen molar-refractivity contribution in [3.05, 3.63) is 49.7 Å². The first-order chi connectivity index (χ1) is 11.2. The summed E-state index contributed by atoms with van der Waals surface area (Å²) in [5.74, 6) is -0.448. The molecule has 0 saturated heterocycles. The molecule has 1 aromatic heterocycles. The first kappa shape index (κ1) is 18.8. The summed E-state index contributed by atoms with van der Waals surface area (Å²) in [6.45, 7) is 3.88. The van der Waals surface area contributed by atoms with Gasteiger partial charge in [0, 0.05) is 12.6 Å². The number of ether oxygens (including phenoxy) is 1. The Morgan fingerprint density at radius 2 is 1.83 bits per heavy atom. The summed E-state index contributed by atoms with van der Waals surface area (Å²) in [4.78, 5) is 24.2. The van der Waals surface area contributed by atoms with Crippen molar-refractivity contribution in [1.29, 1.82) is 0 Å². The van der Waals surface area contributed by atoms with E-state index in [0.717, 1.165) is 0 Å². The van der Waals surface area contributed by atoms with Gasteiger partial charge in [-0.05, 0) is 24.1 Å². The summed E-state index contributed by atoms with van der Waals surface area (Å²) in [7, 11) is 2.89. The highest BCUT2D eigenvalue weighted by atomic mass is 35.5. The number of methoxy groups -OCH3 is 1. The maximum Gasteiger partial charge on any atom is 0.337 e. The summed E-state index contributed by atoms with van der Waals surface area (Å²) in [5.41, 5.74) is 0.800. The molecule has 2 rings (SSSR count). The van der Waals surface area contributed by atoms with E-state index >= 15 is 0 Å². The monoisotopic (exact) mass is 386 g/mol. The molecule has 0 saturated carbocycles. The average Bonchev–Trinajstić information content (AvgIpc) is 2.52. The number of halogens is 2. The first-order valence-corrected chi connectivity index (χ1v) is 8.65. The quantitative estimate of drug-likeness (QED) is 0.738. The molecule has 24 heavy (non-hydrogen) atoms. The molecular formula is C16H16Cl2N2O3S. The smallest absolute Gasteiger partial charge is 0.337 e. The highest BCUT2D eigenvalue weighted by Crippen LogP contribution is 2.39. The predicted molar refractivity (Wildman–Crippen MR) is 95.5 cm³/mol. The zero-order chi connectivity index (χ0) is 18.0. The van der Waals surface area contributed by atoms with Gasteiger partial charge < -0.3 is 4.74 Å². The lowest BCUT2D eigenvalue weighted by molar-refractivity contribution is 0.0600. The molecule has 0 radical (unpaired) electrons. The number of hydrogen-bond donors (Lipinski definition) is 0. The molecular weight excluding hydrogens is 371 g/mol. The van der Waals surface area contributed by atoms with Crippen LogP contribution >= 0.6 is 35.0 Å².